The van der Waals surface area contributed by atoms with Crippen molar-refractivity contribution in [2.24, 2.45) is 0 Å². The first-order valence-electron chi connectivity index (χ1n) is 7.23. The molecule has 0 aromatic heterocycles. The predicted octanol–water partition coefficient (Wildman–Crippen LogP) is 4.21. The molecule has 0 aliphatic rings. The number of alkyl halides is 5. The summed E-state index contributed by atoms with van der Waals surface area (Å²) in [4.78, 5) is 16.3. The number of amides is 1. The van der Waals surface area contributed by atoms with E-state index < -0.39 is 29.4 Å². The number of carbonyl (C=O) groups excluding carboxylic acids is 1. The van der Waals surface area contributed by atoms with E-state index in [2.05, 4.69) is 10.8 Å². The van der Waals surface area contributed by atoms with Gasteiger partial charge >= 0.3 is 18.2 Å². The molecule has 1 aromatic rings. The highest BCUT2D eigenvalue weighted by Gasteiger charge is 2.58. The van der Waals surface area contributed by atoms with Crippen LogP contribution in [0, 0.1) is 0 Å². The largest absolute Gasteiger partial charge is 0.458 e. The fourth-order valence-electron chi connectivity index (χ4n) is 1.56. The van der Waals surface area contributed by atoms with Crippen LogP contribution in [-0.4, -0.2) is 31.0 Å². The van der Waals surface area contributed by atoms with Gasteiger partial charge in [0.25, 0.3) is 0 Å². The lowest BCUT2D eigenvalue weighted by molar-refractivity contribution is -0.289. The number of benzene rings is 1. The molecule has 0 spiro atoms. The van der Waals surface area contributed by atoms with Gasteiger partial charge < -0.3 is 10.1 Å². The zero-order valence-corrected chi connectivity index (χ0v) is 13.8. The van der Waals surface area contributed by atoms with Crippen LogP contribution in [0.15, 0.2) is 24.3 Å². The maximum Gasteiger partial charge on any atom is 0.458 e. The van der Waals surface area contributed by atoms with E-state index in [1.807, 2.05) is 0 Å². The van der Waals surface area contributed by atoms with Crippen LogP contribution in [0.3, 0.4) is 0 Å². The third-order valence-corrected chi connectivity index (χ3v) is 2.67. The van der Waals surface area contributed by atoms with Crippen LogP contribution in [0.4, 0.5) is 32.4 Å². The summed E-state index contributed by atoms with van der Waals surface area (Å²) in [5.74, 6) is -4.93. The van der Waals surface area contributed by atoms with Crippen LogP contribution in [-0.2, 0) is 15.5 Å². The van der Waals surface area contributed by atoms with Crippen molar-refractivity contribution in [3.05, 3.63) is 29.8 Å². The van der Waals surface area contributed by atoms with Crippen molar-refractivity contribution in [2.75, 3.05) is 18.6 Å². The zero-order valence-electron chi connectivity index (χ0n) is 13.8. The highest BCUT2D eigenvalue weighted by Crippen LogP contribution is 2.43. The van der Waals surface area contributed by atoms with E-state index in [0.29, 0.717) is 12.1 Å². The Morgan fingerprint density at radius 3 is 2.08 bits per heavy atom. The molecule has 10 heteroatoms. The maximum atomic E-state index is 13.1. The van der Waals surface area contributed by atoms with Crippen molar-refractivity contribution < 1.29 is 36.3 Å². The van der Waals surface area contributed by atoms with E-state index in [4.69, 9.17) is 9.57 Å². The van der Waals surface area contributed by atoms with Crippen molar-refractivity contribution >= 4 is 11.8 Å². The Hall–Kier alpha value is -2.10. The molecule has 0 heterocycles. The molecule has 142 valence electrons. The van der Waals surface area contributed by atoms with E-state index in [1.54, 1.807) is 20.8 Å². The smallest absolute Gasteiger partial charge is 0.444 e. The minimum absolute atomic E-state index is 0.0136. The van der Waals surface area contributed by atoms with Crippen molar-refractivity contribution in [1.29, 1.82) is 0 Å². The summed E-state index contributed by atoms with van der Waals surface area (Å²) >= 11 is 0. The lowest BCUT2D eigenvalue weighted by Crippen LogP contribution is -2.34. The fourth-order valence-corrected chi connectivity index (χ4v) is 1.56. The zero-order chi connectivity index (χ0) is 19.3. The van der Waals surface area contributed by atoms with Crippen LogP contribution < -0.4 is 10.8 Å². The Bertz CT molecular complexity index is 568. The van der Waals surface area contributed by atoms with Gasteiger partial charge in [-0.2, -0.15) is 22.0 Å². The Kier molecular flexibility index (Phi) is 6.58. The normalized spacial score (nSPS) is 12.6. The fraction of sp³-hybridized carbons (Fsp3) is 0.533. The van der Waals surface area contributed by atoms with E-state index in [0.717, 1.165) is 12.1 Å². The summed E-state index contributed by atoms with van der Waals surface area (Å²) < 4.78 is 67.9. The summed E-state index contributed by atoms with van der Waals surface area (Å²) in [6, 6.07) is 3.35. The summed E-state index contributed by atoms with van der Waals surface area (Å²) in [5.41, 5.74) is 0.741. The summed E-state index contributed by atoms with van der Waals surface area (Å²) in [7, 11) is 0. The predicted molar refractivity (Wildman–Crippen MR) is 80.2 cm³/mol. The first kappa shape index (κ1) is 20.9. The third kappa shape index (κ3) is 6.73. The molecule has 2 N–H and O–H groups in total. The van der Waals surface area contributed by atoms with Gasteiger partial charge in [-0.3, -0.25) is 10.3 Å². The first-order valence-corrected chi connectivity index (χ1v) is 7.23. The van der Waals surface area contributed by atoms with Gasteiger partial charge in [-0.1, -0.05) is 12.1 Å². The van der Waals surface area contributed by atoms with Crippen LogP contribution in [0.1, 0.15) is 26.3 Å². The highest BCUT2D eigenvalue weighted by atomic mass is 19.4. The van der Waals surface area contributed by atoms with Gasteiger partial charge in [-0.25, -0.2) is 4.79 Å². The van der Waals surface area contributed by atoms with Gasteiger partial charge in [-0.05, 0) is 32.9 Å². The van der Waals surface area contributed by atoms with Crippen LogP contribution in [0.5, 0.6) is 0 Å². The van der Waals surface area contributed by atoms with Gasteiger partial charge in [-0.15, -0.1) is 0 Å². The number of ether oxygens (including phenoxy) is 1. The summed E-state index contributed by atoms with van der Waals surface area (Å²) in [5, 5.41) is 2.42. The minimum Gasteiger partial charge on any atom is -0.444 e. The molecular formula is C15H19F5N2O3. The Morgan fingerprint density at radius 2 is 1.60 bits per heavy atom. The Morgan fingerprint density at radius 1 is 1.04 bits per heavy atom. The second-order valence-electron chi connectivity index (χ2n) is 6.03. The highest BCUT2D eigenvalue weighted by molar-refractivity contribution is 5.67. The number of hydrogen-bond donors (Lipinski definition) is 2. The quantitative estimate of drug-likeness (QED) is 0.447. The molecule has 0 saturated carbocycles. The average molecular weight is 370 g/mol. The molecule has 0 aliphatic carbocycles. The van der Waals surface area contributed by atoms with Gasteiger partial charge in [0.05, 0.1) is 12.3 Å². The minimum atomic E-state index is -5.66. The lowest BCUT2D eigenvalue weighted by atomic mass is 10.1. The molecule has 1 amide bonds. The molecule has 1 aromatic carbocycles. The van der Waals surface area contributed by atoms with Crippen molar-refractivity contribution in [3.63, 3.8) is 0 Å². The van der Waals surface area contributed by atoms with Crippen molar-refractivity contribution in [2.45, 2.75) is 38.5 Å². The van der Waals surface area contributed by atoms with E-state index in [-0.39, 0.29) is 18.8 Å². The first-order chi connectivity index (χ1) is 11.3. The molecule has 0 unspecified atom stereocenters. The number of anilines is 1. The number of halogens is 5. The Labute approximate surface area is 141 Å². The third-order valence-electron chi connectivity index (χ3n) is 2.67. The van der Waals surface area contributed by atoms with Crippen LogP contribution in [0.2, 0.25) is 0 Å². The summed E-state index contributed by atoms with van der Waals surface area (Å²) in [6.07, 6.45) is -6.29. The van der Waals surface area contributed by atoms with Crippen LogP contribution >= 0.6 is 0 Å². The number of nitrogens with one attached hydrogen (secondary N) is 2. The van der Waals surface area contributed by atoms with E-state index in [9.17, 15) is 26.7 Å². The average Bonchev–Trinajstić information content (AvgIpc) is 2.44. The molecule has 25 heavy (non-hydrogen) atoms. The molecule has 0 radical (unpaired) electrons. The SMILES string of the molecule is CC(C)(C)OC(=O)NCCONc1ccc(C(F)(F)C(F)(F)F)cc1. The van der Waals surface area contributed by atoms with E-state index >= 15 is 0 Å². The molecule has 5 nitrogen and oxygen atoms in total. The molecule has 0 saturated heterocycles. The topological polar surface area (TPSA) is 59.6 Å². The van der Waals surface area contributed by atoms with Gasteiger partial charge in [0, 0.05) is 12.1 Å². The van der Waals surface area contributed by atoms with Gasteiger partial charge in [0.2, 0.25) is 0 Å². The van der Waals surface area contributed by atoms with Crippen molar-refractivity contribution in [3.8, 4) is 0 Å². The molecular weight excluding hydrogens is 351 g/mol. The summed E-state index contributed by atoms with van der Waals surface area (Å²) in [6.45, 7) is 5.23. The maximum absolute atomic E-state index is 13.1. The molecule has 0 aliphatic heterocycles. The van der Waals surface area contributed by atoms with Crippen molar-refractivity contribution in [1.82, 2.24) is 5.32 Å². The number of alkyl carbamates (subject to hydrolysis) is 1. The van der Waals surface area contributed by atoms with E-state index in [1.165, 1.54) is 0 Å². The number of carbonyl (C=O) groups is 1. The molecule has 0 bridgehead atoms. The van der Waals surface area contributed by atoms with Gasteiger partial charge in [0.1, 0.15) is 5.60 Å². The Balaban J connectivity index is 2.39. The molecule has 0 fully saturated rings. The standard InChI is InChI=1S/C15H19F5N2O3/c1-13(2,3)25-12(23)21-8-9-24-22-11-6-4-10(5-7-11)14(16,17)15(18,19)20/h4-7,22H,8-9H2,1-3H3,(H,21,23). The lowest BCUT2D eigenvalue weighted by Gasteiger charge is -2.20. The van der Waals surface area contributed by atoms with Crippen LogP contribution in [0.25, 0.3) is 0 Å². The number of hydrogen-bond acceptors (Lipinski definition) is 4. The second kappa shape index (κ2) is 7.85. The monoisotopic (exact) mass is 370 g/mol. The number of rotatable bonds is 6. The van der Waals surface area contributed by atoms with Gasteiger partial charge in [0.15, 0.2) is 0 Å². The molecule has 0 atom stereocenters. The second-order valence-corrected chi connectivity index (χ2v) is 6.03. The molecule has 1 rings (SSSR count).